The second kappa shape index (κ2) is 8.47. The quantitative estimate of drug-likeness (QED) is 0.701. The summed E-state index contributed by atoms with van der Waals surface area (Å²) >= 11 is 1.64. The highest BCUT2D eigenvalue weighted by atomic mass is 32.1. The van der Waals surface area contributed by atoms with Crippen molar-refractivity contribution < 1.29 is 4.79 Å². The Morgan fingerprint density at radius 2 is 1.93 bits per heavy atom. The van der Waals surface area contributed by atoms with Crippen molar-refractivity contribution in [2.75, 3.05) is 37.6 Å². The lowest BCUT2D eigenvalue weighted by Gasteiger charge is -2.35. The molecule has 6 nitrogen and oxygen atoms in total. The molecule has 1 N–H and O–H groups in total. The number of nitrogens with one attached hydrogen (secondary N) is 1. The van der Waals surface area contributed by atoms with E-state index >= 15 is 0 Å². The van der Waals surface area contributed by atoms with Crippen LogP contribution in [0.3, 0.4) is 0 Å². The summed E-state index contributed by atoms with van der Waals surface area (Å²) in [6.45, 7) is 10.1. The van der Waals surface area contributed by atoms with Crippen LogP contribution in [0.5, 0.6) is 0 Å². The molecule has 1 amide bonds. The first-order valence-corrected chi connectivity index (χ1v) is 10.9. The van der Waals surface area contributed by atoms with Crippen molar-refractivity contribution >= 4 is 33.3 Å². The number of fused-ring (bicyclic) bond motifs is 1. The number of benzene rings is 1. The van der Waals surface area contributed by atoms with E-state index < -0.39 is 0 Å². The zero-order chi connectivity index (χ0) is 20.4. The minimum atomic E-state index is 0.0102. The van der Waals surface area contributed by atoms with Gasteiger partial charge in [-0.1, -0.05) is 18.2 Å². The molecule has 29 heavy (non-hydrogen) atoms. The maximum Gasteiger partial charge on any atom is 0.234 e. The summed E-state index contributed by atoms with van der Waals surface area (Å²) in [6.07, 6.45) is 1.64. The number of hydrogen-bond acceptors (Lipinski definition) is 6. The third-order valence-corrected chi connectivity index (χ3v) is 6.51. The summed E-state index contributed by atoms with van der Waals surface area (Å²) in [5, 5.41) is 6.31. The Bertz CT molecular complexity index is 1010. The van der Waals surface area contributed by atoms with Gasteiger partial charge in [-0.2, -0.15) is 0 Å². The molecular weight excluding hydrogens is 382 g/mol. The highest BCUT2D eigenvalue weighted by Crippen LogP contribution is 2.27. The normalized spacial score (nSPS) is 16.2. The van der Waals surface area contributed by atoms with Crippen LogP contribution in [-0.2, 0) is 4.79 Å². The van der Waals surface area contributed by atoms with E-state index in [1.165, 1.54) is 11.1 Å². The van der Waals surface area contributed by atoms with Crippen LogP contribution in [0.2, 0.25) is 0 Å². The number of piperazine rings is 1. The predicted molar refractivity (Wildman–Crippen MR) is 119 cm³/mol. The third-order valence-electron chi connectivity index (χ3n) is 5.69. The molecule has 0 radical (unpaired) electrons. The van der Waals surface area contributed by atoms with Crippen molar-refractivity contribution in [3.63, 3.8) is 0 Å². The second-order valence-corrected chi connectivity index (χ2v) is 8.63. The monoisotopic (exact) mass is 409 g/mol. The van der Waals surface area contributed by atoms with E-state index in [4.69, 9.17) is 0 Å². The fourth-order valence-corrected chi connectivity index (χ4v) is 4.48. The maximum absolute atomic E-state index is 12.6. The van der Waals surface area contributed by atoms with Crippen LogP contribution in [0.25, 0.3) is 10.2 Å². The number of anilines is 1. The van der Waals surface area contributed by atoms with Crippen molar-refractivity contribution in [2.45, 2.75) is 26.8 Å². The predicted octanol–water partition coefficient (Wildman–Crippen LogP) is 3.31. The number of aryl methyl sites for hydroxylation is 2. The molecule has 152 valence electrons. The molecular formula is C22H27N5OS. The van der Waals surface area contributed by atoms with Gasteiger partial charge < -0.3 is 10.2 Å². The first-order valence-electron chi connectivity index (χ1n) is 10.0. The van der Waals surface area contributed by atoms with Gasteiger partial charge >= 0.3 is 0 Å². The van der Waals surface area contributed by atoms with Gasteiger partial charge in [0.15, 0.2) is 0 Å². The van der Waals surface area contributed by atoms with Crippen LogP contribution in [-0.4, -0.2) is 53.5 Å². The molecule has 7 heteroatoms. The van der Waals surface area contributed by atoms with Crippen molar-refractivity contribution in [3.8, 4) is 0 Å². The van der Waals surface area contributed by atoms with Crippen molar-refractivity contribution in [1.82, 2.24) is 20.2 Å². The van der Waals surface area contributed by atoms with Crippen LogP contribution in [0, 0.1) is 13.8 Å². The number of hydrogen-bond donors (Lipinski definition) is 1. The number of aromatic nitrogens is 2. The standard InChI is InChI=1S/C22H27N5OS/c1-15-4-5-18(12-16(15)2)17(3)25-20(28)13-26-7-9-27(10-8-26)21-19-6-11-29-22(19)24-14-23-21/h4-6,11-12,14,17H,7-10,13H2,1-3H3,(H,25,28). The Kier molecular flexibility index (Phi) is 5.78. The van der Waals surface area contributed by atoms with Gasteiger partial charge in [0, 0.05) is 26.2 Å². The highest BCUT2D eigenvalue weighted by Gasteiger charge is 2.22. The number of rotatable bonds is 5. The number of amides is 1. The van der Waals surface area contributed by atoms with Crippen molar-refractivity contribution in [2.24, 2.45) is 0 Å². The van der Waals surface area contributed by atoms with Gasteiger partial charge in [-0.05, 0) is 48.9 Å². The van der Waals surface area contributed by atoms with Crippen molar-refractivity contribution in [3.05, 3.63) is 52.7 Å². The zero-order valence-corrected chi connectivity index (χ0v) is 18.0. The minimum absolute atomic E-state index is 0.0102. The van der Waals surface area contributed by atoms with Crippen LogP contribution in [0.1, 0.15) is 29.7 Å². The molecule has 1 aliphatic heterocycles. The number of carbonyl (C=O) groups excluding carboxylic acids is 1. The first-order chi connectivity index (χ1) is 14.0. The Balaban J connectivity index is 1.30. The summed E-state index contributed by atoms with van der Waals surface area (Å²) in [7, 11) is 0. The average Bonchev–Trinajstić information content (AvgIpc) is 3.19. The van der Waals surface area contributed by atoms with Crippen LogP contribution >= 0.6 is 11.3 Å². The zero-order valence-electron chi connectivity index (χ0n) is 17.2. The van der Waals surface area contributed by atoms with E-state index in [1.54, 1.807) is 17.7 Å². The number of thiophene rings is 1. The van der Waals surface area contributed by atoms with Crippen LogP contribution < -0.4 is 10.2 Å². The van der Waals surface area contributed by atoms with Crippen LogP contribution in [0.15, 0.2) is 36.0 Å². The molecule has 0 spiro atoms. The molecule has 0 saturated carbocycles. The minimum Gasteiger partial charge on any atom is -0.353 e. The fourth-order valence-electron chi connectivity index (χ4n) is 3.75. The number of nitrogens with zero attached hydrogens (tertiary/aromatic N) is 4. The van der Waals surface area contributed by atoms with Gasteiger partial charge in [-0.3, -0.25) is 9.69 Å². The smallest absolute Gasteiger partial charge is 0.234 e. The van der Waals surface area contributed by atoms with Crippen molar-refractivity contribution in [1.29, 1.82) is 0 Å². The van der Waals surface area contributed by atoms with Gasteiger partial charge in [-0.15, -0.1) is 11.3 Å². The third kappa shape index (κ3) is 4.41. The molecule has 1 atom stereocenters. The van der Waals surface area contributed by atoms with E-state index in [1.807, 2.05) is 6.92 Å². The van der Waals surface area contributed by atoms with Crippen LogP contribution in [0.4, 0.5) is 5.82 Å². The summed E-state index contributed by atoms with van der Waals surface area (Å²) in [5.41, 5.74) is 3.67. The summed E-state index contributed by atoms with van der Waals surface area (Å²) in [6, 6.07) is 8.47. The molecule has 1 aliphatic rings. The first kappa shape index (κ1) is 19.8. The molecule has 0 aliphatic carbocycles. The Morgan fingerprint density at radius 1 is 1.14 bits per heavy atom. The van der Waals surface area contributed by atoms with E-state index in [0.29, 0.717) is 6.54 Å². The van der Waals surface area contributed by atoms with E-state index in [-0.39, 0.29) is 11.9 Å². The molecule has 2 aromatic heterocycles. The Morgan fingerprint density at radius 3 is 2.69 bits per heavy atom. The summed E-state index contributed by atoms with van der Waals surface area (Å²) in [4.78, 5) is 26.9. The van der Waals surface area contributed by atoms with Gasteiger partial charge in [0.2, 0.25) is 5.91 Å². The molecule has 1 fully saturated rings. The SMILES string of the molecule is Cc1ccc(C(C)NC(=O)CN2CCN(c3ncnc4sccc34)CC2)cc1C. The molecule has 1 unspecified atom stereocenters. The van der Waals surface area contributed by atoms with E-state index in [9.17, 15) is 4.79 Å². The molecule has 1 saturated heterocycles. The van der Waals surface area contributed by atoms with Gasteiger partial charge in [0.1, 0.15) is 17.0 Å². The highest BCUT2D eigenvalue weighted by molar-refractivity contribution is 7.16. The second-order valence-electron chi connectivity index (χ2n) is 7.73. The lowest BCUT2D eigenvalue weighted by atomic mass is 10.0. The molecule has 1 aromatic carbocycles. The average molecular weight is 410 g/mol. The lowest BCUT2D eigenvalue weighted by Crippen LogP contribution is -2.50. The molecule has 3 heterocycles. The molecule has 4 rings (SSSR count). The van der Waals surface area contributed by atoms with Gasteiger partial charge in [0.05, 0.1) is 18.0 Å². The summed E-state index contributed by atoms with van der Waals surface area (Å²) in [5.74, 6) is 1.08. The van der Waals surface area contributed by atoms with E-state index in [0.717, 1.165) is 47.8 Å². The van der Waals surface area contributed by atoms with Gasteiger partial charge in [-0.25, -0.2) is 9.97 Å². The topological polar surface area (TPSA) is 61.4 Å². The Hall–Kier alpha value is -2.51. The summed E-state index contributed by atoms with van der Waals surface area (Å²) < 4.78 is 0. The molecule has 3 aromatic rings. The molecule has 0 bridgehead atoms. The van der Waals surface area contributed by atoms with E-state index in [2.05, 4.69) is 68.6 Å². The lowest BCUT2D eigenvalue weighted by molar-refractivity contribution is -0.123. The maximum atomic E-state index is 12.6. The number of carbonyl (C=O) groups is 1. The Labute approximate surface area is 175 Å². The largest absolute Gasteiger partial charge is 0.353 e. The van der Waals surface area contributed by atoms with Gasteiger partial charge in [0.25, 0.3) is 0 Å². The fraction of sp³-hybridized carbons (Fsp3) is 0.409.